The lowest BCUT2D eigenvalue weighted by Gasteiger charge is -2.13. The van der Waals surface area contributed by atoms with Crippen LogP contribution in [0.3, 0.4) is 0 Å². The van der Waals surface area contributed by atoms with Crippen LogP contribution in [-0.4, -0.2) is 31.7 Å². The molecular formula is C14H14N6O3. The second kappa shape index (κ2) is 5.87. The van der Waals surface area contributed by atoms with Gasteiger partial charge in [0.1, 0.15) is 6.04 Å². The molecule has 3 rings (SSSR count). The first kappa shape index (κ1) is 14.7. The molecule has 23 heavy (non-hydrogen) atoms. The van der Waals surface area contributed by atoms with Crippen molar-refractivity contribution in [2.75, 3.05) is 10.6 Å². The number of carbonyl (C=O) groups excluding carboxylic acids is 2. The van der Waals surface area contributed by atoms with Crippen LogP contribution in [0.1, 0.15) is 19.9 Å². The molecule has 0 saturated heterocycles. The normalized spacial score (nSPS) is 12.1. The number of carbonyl (C=O) groups is 2. The number of benzene rings is 1. The first-order valence-electron chi connectivity index (χ1n) is 6.89. The van der Waals surface area contributed by atoms with Gasteiger partial charge < -0.3 is 15.2 Å². The Kier molecular flexibility index (Phi) is 3.75. The average molecular weight is 314 g/mol. The molecule has 118 valence electrons. The summed E-state index contributed by atoms with van der Waals surface area (Å²) in [5, 5.41) is 12.1. The first-order valence-corrected chi connectivity index (χ1v) is 6.89. The Morgan fingerprint density at radius 1 is 1.17 bits per heavy atom. The van der Waals surface area contributed by atoms with Crippen molar-refractivity contribution >= 4 is 34.5 Å². The molecule has 0 bridgehead atoms. The molecule has 0 aliphatic carbocycles. The van der Waals surface area contributed by atoms with Crippen molar-refractivity contribution in [3.8, 4) is 0 Å². The van der Waals surface area contributed by atoms with Crippen molar-refractivity contribution in [2.24, 2.45) is 0 Å². The number of hydrogen-bond donors (Lipinski definition) is 2. The zero-order valence-electron chi connectivity index (χ0n) is 12.5. The molecule has 9 nitrogen and oxygen atoms in total. The smallest absolute Gasteiger partial charge is 0.248 e. The van der Waals surface area contributed by atoms with Crippen LogP contribution in [0.2, 0.25) is 0 Å². The third-order valence-electron chi connectivity index (χ3n) is 3.30. The largest absolute Gasteiger partial charge is 0.318 e. The highest BCUT2D eigenvalue weighted by Crippen LogP contribution is 2.21. The van der Waals surface area contributed by atoms with Gasteiger partial charge in [0.05, 0.1) is 17.4 Å². The predicted molar refractivity (Wildman–Crippen MR) is 81.7 cm³/mol. The number of fused-ring (bicyclic) bond motifs is 1. The van der Waals surface area contributed by atoms with E-state index in [1.165, 1.54) is 6.92 Å². The van der Waals surface area contributed by atoms with E-state index in [2.05, 4.69) is 30.6 Å². The highest BCUT2D eigenvalue weighted by molar-refractivity contribution is 5.98. The second-order valence-corrected chi connectivity index (χ2v) is 4.95. The van der Waals surface area contributed by atoms with Gasteiger partial charge in [-0.3, -0.25) is 9.59 Å². The SMILES string of the molecule is CC(=O)Nc1nonc1NC(=O)C(C)n1cnc2ccccc21. The molecule has 0 spiro atoms. The van der Waals surface area contributed by atoms with Gasteiger partial charge in [-0.2, -0.15) is 0 Å². The second-order valence-electron chi connectivity index (χ2n) is 4.95. The van der Waals surface area contributed by atoms with Crippen molar-refractivity contribution < 1.29 is 14.2 Å². The average Bonchev–Trinajstić information content (AvgIpc) is 3.13. The topological polar surface area (TPSA) is 115 Å². The number of nitrogens with zero attached hydrogens (tertiary/aromatic N) is 4. The van der Waals surface area contributed by atoms with Crippen LogP contribution >= 0.6 is 0 Å². The number of nitrogens with one attached hydrogen (secondary N) is 2. The van der Waals surface area contributed by atoms with Gasteiger partial charge in [0, 0.05) is 6.92 Å². The number of rotatable bonds is 4. The summed E-state index contributed by atoms with van der Waals surface area (Å²) in [4.78, 5) is 27.7. The first-order chi connectivity index (χ1) is 11.1. The van der Waals surface area contributed by atoms with E-state index in [4.69, 9.17) is 0 Å². The molecule has 2 heterocycles. The molecule has 2 amide bonds. The lowest BCUT2D eigenvalue weighted by atomic mass is 10.2. The summed E-state index contributed by atoms with van der Waals surface area (Å²) in [6.45, 7) is 3.05. The molecular weight excluding hydrogens is 300 g/mol. The molecule has 0 aliphatic heterocycles. The molecule has 1 aromatic carbocycles. The van der Waals surface area contributed by atoms with Gasteiger partial charge in [0.15, 0.2) is 0 Å². The summed E-state index contributed by atoms with van der Waals surface area (Å²) in [5.41, 5.74) is 1.64. The monoisotopic (exact) mass is 314 g/mol. The van der Waals surface area contributed by atoms with Crippen molar-refractivity contribution in [2.45, 2.75) is 19.9 Å². The maximum absolute atomic E-state index is 12.4. The van der Waals surface area contributed by atoms with E-state index in [9.17, 15) is 9.59 Å². The number of para-hydroxylation sites is 2. The van der Waals surface area contributed by atoms with Gasteiger partial charge in [-0.25, -0.2) is 9.61 Å². The summed E-state index contributed by atoms with van der Waals surface area (Å²) >= 11 is 0. The molecule has 1 unspecified atom stereocenters. The van der Waals surface area contributed by atoms with Crippen LogP contribution in [0, 0.1) is 0 Å². The van der Waals surface area contributed by atoms with Gasteiger partial charge in [-0.05, 0) is 29.4 Å². The summed E-state index contributed by atoms with van der Waals surface area (Å²) in [6.07, 6.45) is 1.60. The van der Waals surface area contributed by atoms with E-state index in [1.54, 1.807) is 17.8 Å². The maximum atomic E-state index is 12.4. The summed E-state index contributed by atoms with van der Waals surface area (Å²) in [5.74, 6) is -0.560. The lowest BCUT2D eigenvalue weighted by Crippen LogP contribution is -2.24. The van der Waals surface area contributed by atoms with Crippen molar-refractivity contribution in [3.05, 3.63) is 30.6 Å². The van der Waals surface area contributed by atoms with E-state index in [1.807, 2.05) is 24.3 Å². The maximum Gasteiger partial charge on any atom is 0.248 e. The standard InChI is InChI=1S/C14H14N6O3/c1-8(20-7-15-10-5-3-4-6-11(10)20)14(22)17-13-12(16-9(2)21)18-23-19-13/h3-8H,1-2H3,(H,16,18,21)(H,17,19,22). The van der Waals surface area contributed by atoms with E-state index in [-0.39, 0.29) is 23.5 Å². The van der Waals surface area contributed by atoms with Crippen LogP contribution in [0.4, 0.5) is 11.6 Å². The number of anilines is 2. The molecule has 0 saturated carbocycles. The van der Waals surface area contributed by atoms with Crippen LogP contribution in [-0.2, 0) is 9.59 Å². The van der Waals surface area contributed by atoms with Crippen LogP contribution in [0.15, 0.2) is 35.2 Å². The Labute approximate surface area is 130 Å². The quantitative estimate of drug-likeness (QED) is 0.755. The van der Waals surface area contributed by atoms with Gasteiger partial charge in [-0.15, -0.1) is 0 Å². The zero-order chi connectivity index (χ0) is 16.4. The third-order valence-corrected chi connectivity index (χ3v) is 3.30. The molecule has 3 aromatic rings. The lowest BCUT2D eigenvalue weighted by molar-refractivity contribution is -0.119. The molecule has 0 fully saturated rings. The van der Waals surface area contributed by atoms with Gasteiger partial charge >= 0.3 is 0 Å². The number of imidazole rings is 1. The number of hydrogen-bond acceptors (Lipinski definition) is 6. The number of amides is 2. The van der Waals surface area contributed by atoms with Gasteiger partial charge in [-0.1, -0.05) is 12.1 Å². The Bertz CT molecular complexity index is 868. The molecule has 2 aromatic heterocycles. The van der Waals surface area contributed by atoms with E-state index in [0.717, 1.165) is 11.0 Å². The summed E-state index contributed by atoms with van der Waals surface area (Å²) in [6, 6.07) is 6.97. The summed E-state index contributed by atoms with van der Waals surface area (Å²) in [7, 11) is 0. The fourth-order valence-corrected chi connectivity index (χ4v) is 2.15. The van der Waals surface area contributed by atoms with Crippen LogP contribution in [0.5, 0.6) is 0 Å². The third kappa shape index (κ3) is 2.89. The van der Waals surface area contributed by atoms with E-state index < -0.39 is 6.04 Å². The minimum Gasteiger partial charge on any atom is -0.318 e. The molecule has 0 radical (unpaired) electrons. The van der Waals surface area contributed by atoms with Gasteiger partial charge in [0.2, 0.25) is 23.5 Å². The molecule has 2 N–H and O–H groups in total. The minimum absolute atomic E-state index is 0.0569. The van der Waals surface area contributed by atoms with Crippen molar-refractivity contribution in [1.82, 2.24) is 19.9 Å². The Balaban J connectivity index is 1.81. The van der Waals surface area contributed by atoms with E-state index in [0.29, 0.717) is 0 Å². The Hall–Kier alpha value is -3.23. The highest BCUT2D eigenvalue weighted by Gasteiger charge is 2.21. The van der Waals surface area contributed by atoms with Crippen LogP contribution < -0.4 is 10.6 Å². The highest BCUT2D eigenvalue weighted by atomic mass is 16.6. The van der Waals surface area contributed by atoms with E-state index >= 15 is 0 Å². The fourth-order valence-electron chi connectivity index (χ4n) is 2.15. The zero-order valence-corrected chi connectivity index (χ0v) is 12.5. The Morgan fingerprint density at radius 2 is 1.87 bits per heavy atom. The van der Waals surface area contributed by atoms with Crippen molar-refractivity contribution in [1.29, 1.82) is 0 Å². The predicted octanol–water partition coefficient (Wildman–Crippen LogP) is 1.58. The Morgan fingerprint density at radius 3 is 2.61 bits per heavy atom. The van der Waals surface area contributed by atoms with Crippen molar-refractivity contribution in [3.63, 3.8) is 0 Å². The fraction of sp³-hybridized carbons (Fsp3) is 0.214. The number of aromatic nitrogens is 4. The molecule has 1 atom stereocenters. The summed E-state index contributed by atoms with van der Waals surface area (Å²) < 4.78 is 6.29. The molecule has 9 heteroatoms. The minimum atomic E-state index is -0.538. The molecule has 0 aliphatic rings. The van der Waals surface area contributed by atoms with Gasteiger partial charge in [0.25, 0.3) is 0 Å². The van der Waals surface area contributed by atoms with Crippen LogP contribution in [0.25, 0.3) is 11.0 Å².